The topological polar surface area (TPSA) is 47.1 Å². The zero-order chi connectivity index (χ0) is 14.0. The summed E-state index contributed by atoms with van der Waals surface area (Å²) in [5.41, 5.74) is 8.62. The number of nitrogens with zero attached hydrogens (tertiary/aromatic N) is 3. The molecule has 1 aromatic rings. The molecule has 2 atom stereocenters. The molecule has 1 saturated heterocycles. The lowest BCUT2D eigenvalue weighted by atomic mass is 10.0. The van der Waals surface area contributed by atoms with E-state index in [-0.39, 0.29) is 6.04 Å². The van der Waals surface area contributed by atoms with Crippen molar-refractivity contribution in [2.75, 3.05) is 23.7 Å². The van der Waals surface area contributed by atoms with Crippen LogP contribution in [-0.2, 0) is 13.5 Å². The van der Waals surface area contributed by atoms with Crippen LogP contribution in [0.5, 0.6) is 0 Å². The molecule has 108 valence electrons. The van der Waals surface area contributed by atoms with Gasteiger partial charge in [0.05, 0.1) is 5.69 Å². The van der Waals surface area contributed by atoms with Crippen LogP contribution >= 0.6 is 11.8 Å². The first-order chi connectivity index (χ1) is 9.02. The van der Waals surface area contributed by atoms with Crippen LogP contribution in [0.3, 0.4) is 0 Å². The molecule has 1 aromatic heterocycles. The fourth-order valence-electron chi connectivity index (χ4n) is 2.74. The minimum atomic E-state index is 0.234. The molecule has 4 nitrogen and oxygen atoms in total. The van der Waals surface area contributed by atoms with Gasteiger partial charge in [-0.2, -0.15) is 16.9 Å². The smallest absolute Gasteiger partial charge is 0.130 e. The molecule has 0 radical (unpaired) electrons. The molecule has 2 unspecified atom stereocenters. The molecule has 2 heterocycles. The Bertz CT molecular complexity index is 429. The van der Waals surface area contributed by atoms with Gasteiger partial charge in [-0.05, 0) is 19.8 Å². The Morgan fingerprint density at radius 3 is 2.89 bits per heavy atom. The molecule has 1 aliphatic rings. The van der Waals surface area contributed by atoms with Crippen LogP contribution in [0.15, 0.2) is 0 Å². The first-order valence-corrected chi connectivity index (χ1v) is 8.22. The Morgan fingerprint density at radius 2 is 2.26 bits per heavy atom. The molecule has 2 N–H and O–H groups in total. The van der Waals surface area contributed by atoms with Gasteiger partial charge in [0.15, 0.2) is 0 Å². The lowest BCUT2D eigenvalue weighted by Gasteiger charge is -2.33. The van der Waals surface area contributed by atoms with Crippen molar-refractivity contribution in [1.29, 1.82) is 0 Å². The van der Waals surface area contributed by atoms with Gasteiger partial charge < -0.3 is 10.6 Å². The van der Waals surface area contributed by atoms with E-state index < -0.39 is 0 Å². The molecule has 0 aromatic carbocycles. The second-order valence-corrected chi connectivity index (χ2v) is 7.06. The predicted molar refractivity (Wildman–Crippen MR) is 84.0 cm³/mol. The minimum Gasteiger partial charge on any atom is -0.355 e. The van der Waals surface area contributed by atoms with Crippen LogP contribution < -0.4 is 10.6 Å². The van der Waals surface area contributed by atoms with Gasteiger partial charge in [-0.1, -0.05) is 13.8 Å². The second-order valence-electron chi connectivity index (χ2n) is 5.51. The molecule has 19 heavy (non-hydrogen) atoms. The first kappa shape index (κ1) is 14.7. The number of anilines is 1. The van der Waals surface area contributed by atoms with Crippen molar-refractivity contribution in [3.8, 4) is 0 Å². The van der Waals surface area contributed by atoms with Gasteiger partial charge in [-0.25, -0.2) is 0 Å². The van der Waals surface area contributed by atoms with Gasteiger partial charge in [0, 0.05) is 42.7 Å². The summed E-state index contributed by atoms with van der Waals surface area (Å²) < 4.78 is 2.04. The van der Waals surface area contributed by atoms with E-state index in [4.69, 9.17) is 5.73 Å². The van der Waals surface area contributed by atoms with Crippen molar-refractivity contribution in [2.45, 2.75) is 44.9 Å². The molecule has 0 saturated carbocycles. The summed E-state index contributed by atoms with van der Waals surface area (Å²) in [6, 6.07) is 0.234. The zero-order valence-corrected chi connectivity index (χ0v) is 13.3. The summed E-state index contributed by atoms with van der Waals surface area (Å²) in [6.07, 6.45) is 1.95. The minimum absolute atomic E-state index is 0.234. The molecule has 5 heteroatoms. The molecule has 1 fully saturated rings. The SMILES string of the molecule is CCC(N)Cc1c(C)nn(C)c1N1CCSC(C)C1. The van der Waals surface area contributed by atoms with E-state index in [0.29, 0.717) is 5.25 Å². The summed E-state index contributed by atoms with van der Waals surface area (Å²) in [7, 11) is 2.05. The van der Waals surface area contributed by atoms with Crippen molar-refractivity contribution >= 4 is 17.6 Å². The first-order valence-electron chi connectivity index (χ1n) is 7.17. The summed E-state index contributed by atoms with van der Waals surface area (Å²) >= 11 is 2.06. The monoisotopic (exact) mass is 282 g/mol. The van der Waals surface area contributed by atoms with Crippen molar-refractivity contribution in [1.82, 2.24) is 9.78 Å². The highest BCUT2D eigenvalue weighted by molar-refractivity contribution is 8.00. The van der Waals surface area contributed by atoms with Gasteiger partial charge >= 0.3 is 0 Å². The maximum Gasteiger partial charge on any atom is 0.130 e. The summed E-state index contributed by atoms with van der Waals surface area (Å²) in [5.74, 6) is 2.48. The second kappa shape index (κ2) is 6.18. The van der Waals surface area contributed by atoms with Gasteiger partial charge in [-0.3, -0.25) is 4.68 Å². The molecule has 0 spiro atoms. The summed E-state index contributed by atoms with van der Waals surface area (Å²) in [4.78, 5) is 2.48. The standard InChI is InChI=1S/C14H26N4S/c1-5-12(15)8-13-11(3)16-17(4)14(13)18-6-7-19-10(2)9-18/h10,12H,5-9,15H2,1-4H3. The molecule has 1 aliphatic heterocycles. The number of thioether (sulfide) groups is 1. The average Bonchev–Trinajstić information content (AvgIpc) is 2.64. The number of rotatable bonds is 4. The van der Waals surface area contributed by atoms with E-state index in [1.165, 1.54) is 17.1 Å². The Kier molecular flexibility index (Phi) is 4.79. The number of hydrogen-bond donors (Lipinski definition) is 1. The fourth-order valence-corrected chi connectivity index (χ4v) is 3.76. The van der Waals surface area contributed by atoms with Crippen molar-refractivity contribution in [3.63, 3.8) is 0 Å². The normalized spacial score (nSPS) is 21.7. The van der Waals surface area contributed by atoms with Crippen LogP contribution in [0.25, 0.3) is 0 Å². The maximum absolute atomic E-state index is 6.15. The van der Waals surface area contributed by atoms with E-state index in [1.807, 2.05) is 4.68 Å². The van der Waals surface area contributed by atoms with Gasteiger partial charge in [0.2, 0.25) is 0 Å². The molecule has 0 amide bonds. The van der Waals surface area contributed by atoms with Gasteiger partial charge in [-0.15, -0.1) is 0 Å². The summed E-state index contributed by atoms with van der Waals surface area (Å²) in [6.45, 7) is 8.77. The molecule has 2 rings (SSSR count). The Hall–Kier alpha value is -0.680. The average molecular weight is 282 g/mol. The Labute approximate surface area is 120 Å². The van der Waals surface area contributed by atoms with E-state index in [9.17, 15) is 0 Å². The predicted octanol–water partition coefficient (Wildman–Crippen LogP) is 1.95. The number of aryl methyl sites for hydroxylation is 2. The quantitative estimate of drug-likeness (QED) is 0.917. The Balaban J connectivity index is 2.27. The highest BCUT2D eigenvalue weighted by Crippen LogP contribution is 2.29. The largest absolute Gasteiger partial charge is 0.355 e. The van der Waals surface area contributed by atoms with E-state index in [0.717, 1.165) is 31.6 Å². The Morgan fingerprint density at radius 1 is 1.53 bits per heavy atom. The van der Waals surface area contributed by atoms with Crippen LogP contribution in [0.1, 0.15) is 31.5 Å². The molecular weight excluding hydrogens is 256 g/mol. The van der Waals surface area contributed by atoms with Crippen molar-refractivity contribution in [2.24, 2.45) is 12.8 Å². The molecule has 0 bridgehead atoms. The lowest BCUT2D eigenvalue weighted by Crippen LogP contribution is -2.38. The third kappa shape index (κ3) is 3.26. The van der Waals surface area contributed by atoms with Gasteiger partial charge in [0.25, 0.3) is 0 Å². The maximum atomic E-state index is 6.15. The third-order valence-electron chi connectivity index (χ3n) is 3.84. The van der Waals surface area contributed by atoms with E-state index in [1.54, 1.807) is 0 Å². The van der Waals surface area contributed by atoms with Crippen molar-refractivity contribution < 1.29 is 0 Å². The molecular formula is C14H26N4S. The zero-order valence-electron chi connectivity index (χ0n) is 12.5. The fraction of sp³-hybridized carbons (Fsp3) is 0.786. The third-order valence-corrected chi connectivity index (χ3v) is 4.98. The van der Waals surface area contributed by atoms with Crippen LogP contribution in [0.4, 0.5) is 5.82 Å². The van der Waals surface area contributed by atoms with Gasteiger partial charge in [0.1, 0.15) is 5.82 Å². The van der Waals surface area contributed by atoms with Crippen LogP contribution in [0.2, 0.25) is 0 Å². The number of hydrogen-bond acceptors (Lipinski definition) is 4. The number of aromatic nitrogens is 2. The highest BCUT2D eigenvalue weighted by atomic mass is 32.2. The van der Waals surface area contributed by atoms with Crippen LogP contribution in [-0.4, -0.2) is 39.9 Å². The van der Waals surface area contributed by atoms with E-state index in [2.05, 4.69) is 49.6 Å². The number of nitrogens with two attached hydrogens (primary N) is 1. The van der Waals surface area contributed by atoms with Crippen molar-refractivity contribution in [3.05, 3.63) is 11.3 Å². The van der Waals surface area contributed by atoms with Crippen LogP contribution in [0, 0.1) is 6.92 Å². The lowest BCUT2D eigenvalue weighted by molar-refractivity contribution is 0.639. The molecule has 0 aliphatic carbocycles. The summed E-state index contributed by atoms with van der Waals surface area (Å²) in [5, 5.41) is 5.30. The highest BCUT2D eigenvalue weighted by Gasteiger charge is 2.24. The van der Waals surface area contributed by atoms with E-state index >= 15 is 0 Å².